The maximum absolute atomic E-state index is 12.1. The topological polar surface area (TPSA) is 46.6 Å². The van der Waals surface area contributed by atoms with E-state index in [-0.39, 0.29) is 11.7 Å². The van der Waals surface area contributed by atoms with Gasteiger partial charge in [0.15, 0.2) is 5.78 Å². The van der Waals surface area contributed by atoms with Crippen molar-refractivity contribution < 1.29 is 14.3 Å². The van der Waals surface area contributed by atoms with Crippen LogP contribution in [0, 0.1) is 6.92 Å². The van der Waals surface area contributed by atoms with Gasteiger partial charge in [0.1, 0.15) is 11.8 Å². The molecule has 19 heavy (non-hydrogen) atoms. The lowest BCUT2D eigenvalue weighted by molar-refractivity contribution is -0.134. The smallest absolute Gasteiger partial charge is 0.223 e. The van der Waals surface area contributed by atoms with Crippen LogP contribution in [0.3, 0.4) is 0 Å². The lowest BCUT2D eigenvalue weighted by Crippen LogP contribution is -2.32. The lowest BCUT2D eigenvalue weighted by Gasteiger charge is -2.25. The van der Waals surface area contributed by atoms with Crippen molar-refractivity contribution >= 4 is 11.7 Å². The van der Waals surface area contributed by atoms with E-state index < -0.39 is 6.04 Å². The maximum Gasteiger partial charge on any atom is 0.223 e. The molecule has 0 aromatic heterocycles. The highest BCUT2D eigenvalue weighted by Gasteiger charge is 2.37. The van der Waals surface area contributed by atoms with Crippen molar-refractivity contribution in [3.8, 4) is 5.75 Å². The molecule has 0 N–H and O–H groups in total. The fourth-order valence-electron chi connectivity index (χ4n) is 2.63. The number of ketones is 1. The van der Waals surface area contributed by atoms with E-state index in [2.05, 4.69) is 0 Å². The molecule has 102 valence electrons. The van der Waals surface area contributed by atoms with Crippen molar-refractivity contribution in [2.45, 2.75) is 32.7 Å². The average molecular weight is 261 g/mol. The molecule has 1 fully saturated rings. The number of amides is 1. The monoisotopic (exact) mass is 261 g/mol. The quantitative estimate of drug-likeness (QED) is 0.838. The van der Waals surface area contributed by atoms with Gasteiger partial charge in [0, 0.05) is 19.4 Å². The number of hydrogen-bond acceptors (Lipinski definition) is 3. The Kier molecular flexibility index (Phi) is 3.88. The first-order valence-corrected chi connectivity index (χ1v) is 6.55. The molecule has 1 saturated heterocycles. The summed E-state index contributed by atoms with van der Waals surface area (Å²) in [5, 5.41) is 0. The highest BCUT2D eigenvalue weighted by atomic mass is 16.5. The van der Waals surface area contributed by atoms with E-state index in [1.807, 2.05) is 32.0 Å². The molecule has 0 bridgehead atoms. The number of rotatable bonds is 3. The van der Waals surface area contributed by atoms with Gasteiger partial charge >= 0.3 is 0 Å². The van der Waals surface area contributed by atoms with E-state index in [4.69, 9.17) is 4.74 Å². The van der Waals surface area contributed by atoms with Gasteiger partial charge in [-0.1, -0.05) is 19.1 Å². The minimum Gasteiger partial charge on any atom is -0.496 e. The summed E-state index contributed by atoms with van der Waals surface area (Å²) in [6.45, 7) is 4.27. The standard InChI is InChI=1S/C15H19NO3/c1-4-14(18)16-9-8-12(17)15(16)11-6-5-7-13(19-3)10(11)2/h5-7,15H,4,8-9H2,1-3H3/t15-/m1/s1. The second-order valence-corrected chi connectivity index (χ2v) is 4.73. The van der Waals surface area contributed by atoms with E-state index >= 15 is 0 Å². The van der Waals surface area contributed by atoms with Crippen molar-refractivity contribution in [2.75, 3.05) is 13.7 Å². The molecule has 1 aromatic rings. The number of benzene rings is 1. The molecule has 4 heteroatoms. The second-order valence-electron chi connectivity index (χ2n) is 4.73. The highest BCUT2D eigenvalue weighted by Crippen LogP contribution is 2.34. The van der Waals surface area contributed by atoms with Crippen LogP contribution < -0.4 is 4.74 Å². The molecule has 0 unspecified atom stereocenters. The number of carbonyl (C=O) groups is 2. The minimum absolute atomic E-state index is 0.0260. The Morgan fingerprint density at radius 3 is 2.84 bits per heavy atom. The van der Waals surface area contributed by atoms with Crippen LogP contribution in [0.2, 0.25) is 0 Å². The van der Waals surface area contributed by atoms with Gasteiger partial charge in [-0.05, 0) is 24.1 Å². The van der Waals surface area contributed by atoms with Crippen LogP contribution in [0.5, 0.6) is 5.75 Å². The summed E-state index contributed by atoms with van der Waals surface area (Å²) in [7, 11) is 1.61. The summed E-state index contributed by atoms with van der Waals surface area (Å²) in [5.74, 6) is 0.886. The van der Waals surface area contributed by atoms with Gasteiger partial charge in [-0.25, -0.2) is 0 Å². The van der Waals surface area contributed by atoms with E-state index in [0.717, 1.165) is 16.9 Å². The Bertz CT molecular complexity index is 510. The van der Waals surface area contributed by atoms with E-state index in [9.17, 15) is 9.59 Å². The number of Topliss-reactive ketones (excluding diaryl/α,β-unsaturated/α-hetero) is 1. The number of ether oxygens (including phenoxy) is 1. The SMILES string of the molecule is CCC(=O)N1CCC(=O)[C@H]1c1cccc(OC)c1C. The van der Waals surface area contributed by atoms with Crippen LogP contribution in [0.1, 0.15) is 36.9 Å². The summed E-state index contributed by atoms with van der Waals surface area (Å²) in [6.07, 6.45) is 0.861. The number of carbonyl (C=O) groups excluding carboxylic acids is 2. The summed E-state index contributed by atoms with van der Waals surface area (Å²) in [6, 6.07) is 5.19. The minimum atomic E-state index is -0.442. The van der Waals surface area contributed by atoms with E-state index in [0.29, 0.717) is 19.4 Å². The van der Waals surface area contributed by atoms with Crippen LogP contribution in [0.4, 0.5) is 0 Å². The molecule has 2 rings (SSSR count). The molecular weight excluding hydrogens is 242 g/mol. The summed E-state index contributed by atoms with van der Waals surface area (Å²) in [5.41, 5.74) is 1.81. The highest BCUT2D eigenvalue weighted by molar-refractivity contribution is 5.93. The third kappa shape index (κ3) is 2.35. The molecule has 1 aliphatic heterocycles. The number of methoxy groups -OCH3 is 1. The van der Waals surface area contributed by atoms with Crippen LogP contribution in [-0.2, 0) is 9.59 Å². The lowest BCUT2D eigenvalue weighted by atomic mass is 9.97. The van der Waals surface area contributed by atoms with Crippen molar-refractivity contribution in [1.82, 2.24) is 4.90 Å². The third-order valence-electron chi connectivity index (χ3n) is 3.68. The van der Waals surface area contributed by atoms with Crippen molar-refractivity contribution in [1.29, 1.82) is 0 Å². The Morgan fingerprint density at radius 2 is 2.21 bits per heavy atom. The maximum atomic E-state index is 12.1. The molecule has 1 atom stereocenters. The largest absolute Gasteiger partial charge is 0.496 e. The molecule has 0 spiro atoms. The fourth-order valence-corrected chi connectivity index (χ4v) is 2.63. The number of likely N-dealkylation sites (tertiary alicyclic amines) is 1. The second kappa shape index (κ2) is 5.43. The molecular formula is C15H19NO3. The van der Waals surface area contributed by atoms with Crippen molar-refractivity contribution in [3.63, 3.8) is 0 Å². The zero-order valence-corrected chi connectivity index (χ0v) is 11.6. The Labute approximate surface area is 113 Å². The molecule has 1 aliphatic rings. The Morgan fingerprint density at radius 1 is 1.47 bits per heavy atom. The predicted molar refractivity (Wildman–Crippen MR) is 72.1 cm³/mol. The molecule has 0 radical (unpaired) electrons. The van der Waals surface area contributed by atoms with Gasteiger partial charge in [0.25, 0.3) is 0 Å². The number of nitrogens with zero attached hydrogens (tertiary/aromatic N) is 1. The number of hydrogen-bond donors (Lipinski definition) is 0. The van der Waals surface area contributed by atoms with Gasteiger partial charge in [-0.2, -0.15) is 0 Å². The van der Waals surface area contributed by atoms with Gasteiger partial charge in [-0.3, -0.25) is 9.59 Å². The normalized spacial score (nSPS) is 18.8. The molecule has 1 amide bonds. The summed E-state index contributed by atoms with van der Waals surface area (Å²) in [4.78, 5) is 25.8. The molecule has 1 heterocycles. The average Bonchev–Trinajstić information content (AvgIpc) is 2.80. The summed E-state index contributed by atoms with van der Waals surface area (Å²) >= 11 is 0. The van der Waals surface area contributed by atoms with Crippen LogP contribution in [-0.4, -0.2) is 30.2 Å². The zero-order chi connectivity index (χ0) is 14.0. The first kappa shape index (κ1) is 13.6. The molecule has 0 saturated carbocycles. The van der Waals surface area contributed by atoms with Crippen LogP contribution >= 0.6 is 0 Å². The van der Waals surface area contributed by atoms with Crippen molar-refractivity contribution in [3.05, 3.63) is 29.3 Å². The molecule has 0 aliphatic carbocycles. The fraction of sp³-hybridized carbons (Fsp3) is 0.467. The van der Waals surface area contributed by atoms with Gasteiger partial charge in [-0.15, -0.1) is 0 Å². The summed E-state index contributed by atoms with van der Waals surface area (Å²) < 4.78 is 5.29. The van der Waals surface area contributed by atoms with Gasteiger partial charge in [0.2, 0.25) is 5.91 Å². The van der Waals surface area contributed by atoms with E-state index in [1.54, 1.807) is 12.0 Å². The first-order valence-electron chi connectivity index (χ1n) is 6.55. The van der Waals surface area contributed by atoms with Gasteiger partial charge in [0.05, 0.1) is 7.11 Å². The Hall–Kier alpha value is -1.84. The van der Waals surface area contributed by atoms with Crippen LogP contribution in [0.25, 0.3) is 0 Å². The third-order valence-corrected chi connectivity index (χ3v) is 3.68. The van der Waals surface area contributed by atoms with Gasteiger partial charge < -0.3 is 9.64 Å². The van der Waals surface area contributed by atoms with E-state index in [1.165, 1.54) is 0 Å². The Balaban J connectivity index is 2.43. The molecule has 1 aromatic carbocycles. The van der Waals surface area contributed by atoms with Crippen LogP contribution in [0.15, 0.2) is 18.2 Å². The van der Waals surface area contributed by atoms with Crippen molar-refractivity contribution in [2.24, 2.45) is 0 Å². The molecule has 4 nitrogen and oxygen atoms in total. The predicted octanol–water partition coefficient (Wildman–Crippen LogP) is 2.26. The first-order chi connectivity index (χ1) is 9.10. The zero-order valence-electron chi connectivity index (χ0n) is 11.6.